The molecule has 0 heterocycles. The van der Waals surface area contributed by atoms with Gasteiger partial charge in [0, 0.05) is 5.69 Å². The van der Waals surface area contributed by atoms with Crippen LogP contribution in [0.5, 0.6) is 0 Å². The molecule has 0 amide bonds. The second kappa shape index (κ2) is 5.31. The molecule has 2 N–H and O–H groups in total. The van der Waals surface area contributed by atoms with E-state index in [9.17, 15) is 8.42 Å². The Kier molecular flexibility index (Phi) is 3.95. The molecule has 0 spiro atoms. The van der Waals surface area contributed by atoms with Gasteiger partial charge in [0.15, 0.2) is 9.84 Å². The van der Waals surface area contributed by atoms with Gasteiger partial charge in [-0.25, -0.2) is 8.42 Å². The maximum absolute atomic E-state index is 12.7. The molecule has 18 heavy (non-hydrogen) atoms. The first kappa shape index (κ1) is 13.4. The molecule has 2 rings (SSSR count). The average Bonchev–Trinajstić information content (AvgIpc) is 2.61. The van der Waals surface area contributed by atoms with E-state index in [1.54, 1.807) is 25.1 Å². The smallest absolute Gasteiger partial charge is 0.181 e. The van der Waals surface area contributed by atoms with Crippen molar-refractivity contribution >= 4 is 15.5 Å². The lowest BCUT2D eigenvalue weighted by Gasteiger charge is -2.17. The van der Waals surface area contributed by atoms with E-state index in [0.29, 0.717) is 16.1 Å². The average molecular weight is 267 g/mol. The van der Waals surface area contributed by atoms with Crippen LogP contribution >= 0.6 is 0 Å². The molecule has 0 atom stereocenters. The molecule has 0 bridgehead atoms. The third kappa shape index (κ3) is 2.53. The lowest BCUT2D eigenvalue weighted by Crippen LogP contribution is -2.21. The van der Waals surface area contributed by atoms with E-state index >= 15 is 0 Å². The van der Waals surface area contributed by atoms with Gasteiger partial charge >= 0.3 is 0 Å². The molecular formula is C14H21NO2S. The molecule has 0 saturated heterocycles. The van der Waals surface area contributed by atoms with Gasteiger partial charge in [-0.15, -0.1) is 0 Å². The number of rotatable bonds is 2. The first-order valence-corrected chi connectivity index (χ1v) is 8.17. The van der Waals surface area contributed by atoms with Crippen LogP contribution in [0.15, 0.2) is 23.1 Å². The summed E-state index contributed by atoms with van der Waals surface area (Å²) >= 11 is 0. The van der Waals surface area contributed by atoms with Gasteiger partial charge in [-0.1, -0.05) is 31.7 Å². The summed E-state index contributed by atoms with van der Waals surface area (Å²) in [5.74, 6) is 0. The zero-order valence-electron chi connectivity index (χ0n) is 10.9. The number of nitrogen functional groups attached to an aromatic ring is 1. The topological polar surface area (TPSA) is 60.2 Å². The molecule has 1 aromatic rings. The Morgan fingerprint density at radius 2 is 1.72 bits per heavy atom. The first-order valence-electron chi connectivity index (χ1n) is 6.62. The van der Waals surface area contributed by atoms with Crippen molar-refractivity contribution in [2.45, 2.75) is 55.6 Å². The van der Waals surface area contributed by atoms with Gasteiger partial charge in [-0.05, 0) is 37.5 Å². The van der Waals surface area contributed by atoms with E-state index in [2.05, 4.69) is 0 Å². The maximum Gasteiger partial charge on any atom is 0.181 e. The third-order valence-electron chi connectivity index (χ3n) is 3.87. The molecular weight excluding hydrogens is 246 g/mol. The van der Waals surface area contributed by atoms with Crippen LogP contribution in [0.2, 0.25) is 0 Å². The number of nitrogens with two attached hydrogens (primary N) is 1. The quantitative estimate of drug-likeness (QED) is 0.661. The fourth-order valence-electron chi connectivity index (χ4n) is 2.67. The lowest BCUT2D eigenvalue weighted by molar-refractivity contribution is 0.562. The molecule has 1 saturated carbocycles. The van der Waals surface area contributed by atoms with E-state index in [0.717, 1.165) is 38.5 Å². The van der Waals surface area contributed by atoms with Crippen molar-refractivity contribution in [3.63, 3.8) is 0 Å². The molecule has 0 unspecified atom stereocenters. The SMILES string of the molecule is Cc1c(N)cccc1S(=O)(=O)C1CCCCCC1. The van der Waals surface area contributed by atoms with Crippen LogP contribution in [0, 0.1) is 6.92 Å². The number of benzene rings is 1. The third-order valence-corrected chi connectivity index (χ3v) is 6.28. The van der Waals surface area contributed by atoms with E-state index in [1.807, 2.05) is 0 Å². The highest BCUT2D eigenvalue weighted by molar-refractivity contribution is 7.92. The molecule has 1 aliphatic carbocycles. The summed E-state index contributed by atoms with van der Waals surface area (Å²) in [6, 6.07) is 5.17. The minimum absolute atomic E-state index is 0.222. The molecule has 0 radical (unpaired) electrons. The number of hydrogen-bond donors (Lipinski definition) is 1. The number of anilines is 1. The Hall–Kier alpha value is -1.03. The van der Waals surface area contributed by atoms with Gasteiger partial charge in [-0.2, -0.15) is 0 Å². The monoisotopic (exact) mass is 267 g/mol. The molecule has 4 heteroatoms. The van der Waals surface area contributed by atoms with Gasteiger partial charge in [-0.3, -0.25) is 0 Å². The van der Waals surface area contributed by atoms with Crippen LogP contribution in [0.3, 0.4) is 0 Å². The lowest BCUT2D eigenvalue weighted by atomic mass is 10.2. The molecule has 3 nitrogen and oxygen atoms in total. The summed E-state index contributed by atoms with van der Waals surface area (Å²) in [6.07, 6.45) is 5.92. The van der Waals surface area contributed by atoms with Crippen LogP contribution in [-0.2, 0) is 9.84 Å². The largest absolute Gasteiger partial charge is 0.398 e. The zero-order chi connectivity index (χ0) is 13.2. The molecule has 0 aliphatic heterocycles. The molecule has 1 fully saturated rings. The first-order chi connectivity index (χ1) is 8.53. The highest BCUT2D eigenvalue weighted by atomic mass is 32.2. The Morgan fingerprint density at radius 1 is 1.11 bits per heavy atom. The van der Waals surface area contributed by atoms with Gasteiger partial charge < -0.3 is 5.73 Å². The Morgan fingerprint density at radius 3 is 2.33 bits per heavy atom. The summed E-state index contributed by atoms with van der Waals surface area (Å²) in [4.78, 5) is 0.425. The Balaban J connectivity index is 2.38. The van der Waals surface area contributed by atoms with Gasteiger partial charge in [0.1, 0.15) is 0 Å². The summed E-state index contributed by atoms with van der Waals surface area (Å²) < 4.78 is 25.3. The van der Waals surface area contributed by atoms with E-state index in [-0.39, 0.29) is 5.25 Å². The van der Waals surface area contributed by atoms with Gasteiger partial charge in [0.25, 0.3) is 0 Å². The van der Waals surface area contributed by atoms with Crippen molar-refractivity contribution in [2.75, 3.05) is 5.73 Å². The van der Waals surface area contributed by atoms with Crippen LogP contribution in [0.1, 0.15) is 44.1 Å². The van der Waals surface area contributed by atoms with Gasteiger partial charge in [0.05, 0.1) is 10.1 Å². The highest BCUT2D eigenvalue weighted by Gasteiger charge is 2.29. The fourth-order valence-corrected chi connectivity index (χ4v) is 4.80. The van der Waals surface area contributed by atoms with Crippen LogP contribution in [-0.4, -0.2) is 13.7 Å². The fraction of sp³-hybridized carbons (Fsp3) is 0.571. The van der Waals surface area contributed by atoms with Crippen molar-refractivity contribution < 1.29 is 8.42 Å². The Labute approximate surface area is 109 Å². The molecule has 1 aliphatic rings. The van der Waals surface area contributed by atoms with E-state index < -0.39 is 9.84 Å². The molecule has 0 aromatic heterocycles. The van der Waals surface area contributed by atoms with Crippen molar-refractivity contribution in [1.29, 1.82) is 0 Å². The summed E-state index contributed by atoms with van der Waals surface area (Å²) in [7, 11) is -3.22. The summed E-state index contributed by atoms with van der Waals surface area (Å²) in [5.41, 5.74) is 7.07. The predicted octanol–water partition coefficient (Wildman–Crippen LogP) is 3.07. The standard InChI is InChI=1S/C14H21NO2S/c1-11-13(15)9-6-10-14(11)18(16,17)12-7-4-2-3-5-8-12/h6,9-10,12H,2-5,7-8,15H2,1H3. The number of hydrogen-bond acceptors (Lipinski definition) is 3. The van der Waals surface area contributed by atoms with Crippen LogP contribution in [0.25, 0.3) is 0 Å². The zero-order valence-corrected chi connectivity index (χ0v) is 11.7. The molecule has 100 valence electrons. The van der Waals surface area contributed by atoms with Gasteiger partial charge in [0.2, 0.25) is 0 Å². The van der Waals surface area contributed by atoms with Crippen molar-refractivity contribution in [1.82, 2.24) is 0 Å². The maximum atomic E-state index is 12.7. The minimum atomic E-state index is -3.22. The van der Waals surface area contributed by atoms with Crippen molar-refractivity contribution in [3.8, 4) is 0 Å². The normalized spacial score (nSPS) is 18.5. The Bertz CT molecular complexity index is 515. The second-order valence-electron chi connectivity index (χ2n) is 5.13. The highest BCUT2D eigenvalue weighted by Crippen LogP contribution is 2.30. The molecule has 1 aromatic carbocycles. The second-order valence-corrected chi connectivity index (χ2v) is 7.33. The van der Waals surface area contributed by atoms with E-state index in [4.69, 9.17) is 5.73 Å². The van der Waals surface area contributed by atoms with Crippen LogP contribution < -0.4 is 5.73 Å². The van der Waals surface area contributed by atoms with Crippen molar-refractivity contribution in [2.24, 2.45) is 0 Å². The van der Waals surface area contributed by atoms with Crippen LogP contribution in [0.4, 0.5) is 5.69 Å². The van der Waals surface area contributed by atoms with E-state index in [1.165, 1.54) is 0 Å². The van der Waals surface area contributed by atoms with Crippen molar-refractivity contribution in [3.05, 3.63) is 23.8 Å². The predicted molar refractivity (Wildman–Crippen MR) is 74.3 cm³/mol. The summed E-state index contributed by atoms with van der Waals surface area (Å²) in [5, 5.41) is -0.222. The summed E-state index contributed by atoms with van der Waals surface area (Å²) in [6.45, 7) is 1.79. The number of sulfone groups is 1. The minimum Gasteiger partial charge on any atom is -0.398 e.